The van der Waals surface area contributed by atoms with Crippen LogP contribution >= 0.6 is 0 Å². The Morgan fingerprint density at radius 3 is 2.57 bits per heavy atom. The summed E-state index contributed by atoms with van der Waals surface area (Å²) in [6.07, 6.45) is -1.55. The third kappa shape index (κ3) is 3.32. The number of aromatic nitrogens is 1. The van der Waals surface area contributed by atoms with Crippen LogP contribution in [0.5, 0.6) is 5.75 Å². The smallest absolute Gasteiger partial charge is 0.416 e. The molecule has 0 aliphatic carbocycles. The zero-order chi connectivity index (χ0) is 15.5. The van der Waals surface area contributed by atoms with Crippen LogP contribution in [0.25, 0.3) is 0 Å². The number of methoxy groups -OCH3 is 1. The third-order valence-corrected chi connectivity index (χ3v) is 3.05. The van der Waals surface area contributed by atoms with Crippen LogP contribution in [0.2, 0.25) is 0 Å². The Morgan fingerprint density at radius 1 is 1.24 bits per heavy atom. The molecule has 3 N–H and O–H groups in total. The minimum atomic E-state index is -4.46. The summed E-state index contributed by atoms with van der Waals surface area (Å²) >= 11 is 0. The first-order chi connectivity index (χ1) is 9.97. The van der Waals surface area contributed by atoms with Crippen molar-refractivity contribution in [3.63, 3.8) is 0 Å². The molecule has 0 spiro atoms. The standard InChI is InChI=1S/C14H14F3N3O/c1-21-10-6-9(7-19-8-10)13(20-18)11-4-2-3-5-12(11)14(15,16)17/h2-8,13,20H,18H2,1H3. The molecule has 0 aliphatic heterocycles. The predicted octanol–water partition coefficient (Wildman–Crippen LogP) is 2.66. The Hall–Kier alpha value is -2.12. The van der Waals surface area contributed by atoms with Gasteiger partial charge in [-0.15, -0.1) is 0 Å². The minimum Gasteiger partial charge on any atom is -0.495 e. The minimum absolute atomic E-state index is 0.0301. The normalized spacial score (nSPS) is 13.0. The number of hydrazine groups is 1. The predicted molar refractivity (Wildman–Crippen MR) is 71.4 cm³/mol. The first kappa shape index (κ1) is 15.3. The van der Waals surface area contributed by atoms with E-state index in [1.165, 1.54) is 37.7 Å². The van der Waals surface area contributed by atoms with E-state index < -0.39 is 17.8 Å². The van der Waals surface area contributed by atoms with E-state index in [0.717, 1.165) is 6.07 Å². The molecule has 0 fully saturated rings. The molecule has 21 heavy (non-hydrogen) atoms. The van der Waals surface area contributed by atoms with E-state index in [1.807, 2.05) is 0 Å². The molecule has 1 unspecified atom stereocenters. The second-order valence-corrected chi connectivity index (χ2v) is 4.34. The van der Waals surface area contributed by atoms with Gasteiger partial charge in [0.15, 0.2) is 0 Å². The molecule has 112 valence electrons. The van der Waals surface area contributed by atoms with E-state index >= 15 is 0 Å². The Balaban J connectivity index is 2.51. The number of rotatable bonds is 4. The molecule has 2 aromatic rings. The maximum absolute atomic E-state index is 13.1. The summed E-state index contributed by atoms with van der Waals surface area (Å²) in [6.45, 7) is 0. The van der Waals surface area contributed by atoms with E-state index in [9.17, 15) is 13.2 Å². The first-order valence-corrected chi connectivity index (χ1v) is 6.08. The zero-order valence-corrected chi connectivity index (χ0v) is 11.2. The highest BCUT2D eigenvalue weighted by Crippen LogP contribution is 2.36. The quantitative estimate of drug-likeness (QED) is 0.673. The molecule has 0 amide bonds. The van der Waals surface area contributed by atoms with Crippen LogP contribution in [0, 0.1) is 0 Å². The van der Waals surface area contributed by atoms with E-state index in [1.54, 1.807) is 6.07 Å². The summed E-state index contributed by atoms with van der Waals surface area (Å²) in [5, 5.41) is 0. The highest BCUT2D eigenvalue weighted by atomic mass is 19.4. The fourth-order valence-corrected chi connectivity index (χ4v) is 2.08. The SMILES string of the molecule is COc1cncc(C(NN)c2ccccc2C(F)(F)F)c1. The Labute approximate surface area is 119 Å². The molecular weight excluding hydrogens is 283 g/mol. The summed E-state index contributed by atoms with van der Waals surface area (Å²) < 4.78 is 44.3. The van der Waals surface area contributed by atoms with Gasteiger partial charge in [-0.25, -0.2) is 5.43 Å². The number of hydrogen-bond acceptors (Lipinski definition) is 4. The molecule has 0 saturated heterocycles. The average molecular weight is 297 g/mol. The van der Waals surface area contributed by atoms with Crippen molar-refractivity contribution in [1.29, 1.82) is 0 Å². The van der Waals surface area contributed by atoms with Crippen molar-refractivity contribution in [1.82, 2.24) is 10.4 Å². The Morgan fingerprint density at radius 2 is 1.95 bits per heavy atom. The van der Waals surface area contributed by atoms with E-state index in [4.69, 9.17) is 10.6 Å². The monoisotopic (exact) mass is 297 g/mol. The second kappa shape index (κ2) is 6.11. The van der Waals surface area contributed by atoms with Crippen molar-refractivity contribution in [3.05, 3.63) is 59.4 Å². The molecule has 0 aliphatic rings. The second-order valence-electron chi connectivity index (χ2n) is 4.34. The van der Waals surface area contributed by atoms with Crippen molar-refractivity contribution in [3.8, 4) is 5.75 Å². The van der Waals surface area contributed by atoms with Crippen LogP contribution in [0.15, 0.2) is 42.7 Å². The van der Waals surface area contributed by atoms with Gasteiger partial charge in [0.1, 0.15) is 5.75 Å². The van der Waals surface area contributed by atoms with Crippen molar-refractivity contribution < 1.29 is 17.9 Å². The first-order valence-electron chi connectivity index (χ1n) is 6.08. The van der Waals surface area contributed by atoms with Gasteiger partial charge in [-0.3, -0.25) is 10.8 Å². The fraction of sp³-hybridized carbons (Fsp3) is 0.214. The molecule has 0 bridgehead atoms. The van der Waals surface area contributed by atoms with Gasteiger partial charge in [0.05, 0.1) is 24.9 Å². The molecule has 1 heterocycles. The number of halogens is 3. The fourth-order valence-electron chi connectivity index (χ4n) is 2.08. The number of nitrogens with zero attached hydrogens (tertiary/aromatic N) is 1. The lowest BCUT2D eigenvalue weighted by Crippen LogP contribution is -2.30. The van der Waals surface area contributed by atoms with Crippen LogP contribution in [0.4, 0.5) is 13.2 Å². The number of ether oxygens (including phenoxy) is 1. The largest absolute Gasteiger partial charge is 0.495 e. The van der Waals surface area contributed by atoms with Gasteiger partial charge in [-0.1, -0.05) is 18.2 Å². The van der Waals surface area contributed by atoms with E-state index in [0.29, 0.717) is 11.3 Å². The van der Waals surface area contributed by atoms with Gasteiger partial charge in [-0.2, -0.15) is 13.2 Å². The lowest BCUT2D eigenvalue weighted by Gasteiger charge is -2.21. The lowest BCUT2D eigenvalue weighted by molar-refractivity contribution is -0.138. The third-order valence-electron chi connectivity index (χ3n) is 3.05. The Bertz CT molecular complexity index is 616. The van der Waals surface area contributed by atoms with E-state index in [-0.39, 0.29) is 5.56 Å². The van der Waals surface area contributed by atoms with Crippen LogP contribution in [-0.2, 0) is 6.18 Å². The maximum Gasteiger partial charge on any atom is 0.416 e. The van der Waals surface area contributed by atoms with Crippen molar-refractivity contribution in [2.75, 3.05) is 7.11 Å². The molecule has 4 nitrogen and oxygen atoms in total. The summed E-state index contributed by atoms with van der Waals surface area (Å²) in [5.74, 6) is 5.90. The highest BCUT2D eigenvalue weighted by Gasteiger charge is 2.35. The topological polar surface area (TPSA) is 60.2 Å². The average Bonchev–Trinajstić information content (AvgIpc) is 2.48. The maximum atomic E-state index is 13.1. The lowest BCUT2D eigenvalue weighted by atomic mass is 9.95. The summed E-state index contributed by atoms with van der Waals surface area (Å²) in [4.78, 5) is 3.94. The van der Waals surface area contributed by atoms with Gasteiger partial charge >= 0.3 is 6.18 Å². The number of alkyl halides is 3. The van der Waals surface area contributed by atoms with Gasteiger partial charge in [-0.05, 0) is 23.3 Å². The van der Waals surface area contributed by atoms with Crippen molar-refractivity contribution in [2.45, 2.75) is 12.2 Å². The molecule has 0 saturated carbocycles. The van der Waals surface area contributed by atoms with Gasteiger partial charge < -0.3 is 4.74 Å². The summed E-state index contributed by atoms with van der Waals surface area (Å²) in [5.41, 5.74) is 2.17. The van der Waals surface area contributed by atoms with Gasteiger partial charge in [0.25, 0.3) is 0 Å². The van der Waals surface area contributed by atoms with Crippen LogP contribution in [0.3, 0.4) is 0 Å². The number of hydrogen-bond donors (Lipinski definition) is 2. The van der Waals surface area contributed by atoms with Crippen LogP contribution in [0.1, 0.15) is 22.7 Å². The number of nitrogens with one attached hydrogen (secondary N) is 1. The van der Waals surface area contributed by atoms with E-state index in [2.05, 4.69) is 10.4 Å². The van der Waals surface area contributed by atoms with Crippen molar-refractivity contribution in [2.24, 2.45) is 5.84 Å². The van der Waals surface area contributed by atoms with Crippen LogP contribution < -0.4 is 16.0 Å². The molecule has 1 aromatic heterocycles. The molecule has 1 atom stereocenters. The van der Waals surface area contributed by atoms with Crippen LogP contribution in [-0.4, -0.2) is 12.1 Å². The van der Waals surface area contributed by atoms with Gasteiger partial charge in [0, 0.05) is 6.20 Å². The summed E-state index contributed by atoms with van der Waals surface area (Å²) in [7, 11) is 1.45. The number of benzene rings is 1. The highest BCUT2D eigenvalue weighted by molar-refractivity contribution is 5.39. The zero-order valence-electron chi connectivity index (χ0n) is 11.2. The number of pyridine rings is 1. The Kier molecular flexibility index (Phi) is 4.44. The molecule has 0 radical (unpaired) electrons. The molecule has 7 heteroatoms. The molecule has 1 aromatic carbocycles. The number of nitrogens with two attached hydrogens (primary N) is 1. The molecule has 2 rings (SSSR count). The summed E-state index contributed by atoms with van der Waals surface area (Å²) in [6, 6.07) is 6.02. The molecular formula is C14H14F3N3O. The van der Waals surface area contributed by atoms with Crippen molar-refractivity contribution >= 4 is 0 Å². The van der Waals surface area contributed by atoms with Gasteiger partial charge in [0.2, 0.25) is 0 Å².